The summed E-state index contributed by atoms with van der Waals surface area (Å²) in [6, 6.07) is 3.87. The van der Waals surface area contributed by atoms with Crippen LogP contribution in [0.15, 0.2) is 12.1 Å². The van der Waals surface area contributed by atoms with Gasteiger partial charge in [-0.05, 0) is 31.4 Å². The molecule has 5 heteroatoms. The fraction of sp³-hybridized carbons (Fsp3) is 0.500. The highest BCUT2D eigenvalue weighted by molar-refractivity contribution is 5.95. The van der Waals surface area contributed by atoms with E-state index >= 15 is 0 Å². The van der Waals surface area contributed by atoms with E-state index in [1.165, 1.54) is 0 Å². The summed E-state index contributed by atoms with van der Waals surface area (Å²) in [5.74, 6) is 5.85. The molecule has 1 fully saturated rings. The summed E-state index contributed by atoms with van der Waals surface area (Å²) in [5.41, 5.74) is 4.02. The molecule has 1 aromatic heterocycles. The van der Waals surface area contributed by atoms with Gasteiger partial charge in [0, 0.05) is 17.3 Å². The molecule has 0 bridgehead atoms. The minimum Gasteiger partial charge on any atom is -0.349 e. The molecular weight excluding hydrogens is 216 g/mol. The largest absolute Gasteiger partial charge is 0.349 e. The standard InChI is InChI=1S/C12H18N4O/c1-2-3-10-6-8(7-11(14-10)16-13)12(17)15-9-4-5-9/h6-7,9H,2-5,13H2,1H3,(H,14,16)(H,15,17). The Morgan fingerprint density at radius 1 is 1.53 bits per heavy atom. The summed E-state index contributed by atoms with van der Waals surface area (Å²) in [6.07, 6.45) is 4.01. The Balaban J connectivity index is 2.18. The lowest BCUT2D eigenvalue weighted by atomic mass is 10.1. The Morgan fingerprint density at radius 3 is 2.88 bits per heavy atom. The number of pyridine rings is 1. The SMILES string of the molecule is CCCc1cc(C(=O)NC2CC2)cc(NN)n1. The predicted molar refractivity (Wildman–Crippen MR) is 66.5 cm³/mol. The number of carbonyl (C=O) groups is 1. The molecule has 0 aromatic carbocycles. The molecule has 1 aliphatic carbocycles. The molecule has 2 rings (SSSR count). The van der Waals surface area contributed by atoms with Crippen LogP contribution in [0.3, 0.4) is 0 Å². The van der Waals surface area contributed by atoms with Crippen molar-refractivity contribution in [3.63, 3.8) is 0 Å². The van der Waals surface area contributed by atoms with Crippen LogP contribution in [0.5, 0.6) is 0 Å². The van der Waals surface area contributed by atoms with E-state index in [0.717, 1.165) is 31.4 Å². The molecule has 0 unspecified atom stereocenters. The third-order valence-electron chi connectivity index (χ3n) is 2.71. The van der Waals surface area contributed by atoms with Gasteiger partial charge in [0.15, 0.2) is 0 Å². The Hall–Kier alpha value is -1.62. The molecule has 1 saturated carbocycles. The monoisotopic (exact) mass is 234 g/mol. The number of aromatic nitrogens is 1. The zero-order valence-corrected chi connectivity index (χ0v) is 9.99. The van der Waals surface area contributed by atoms with Crippen LogP contribution in [0.1, 0.15) is 42.2 Å². The fourth-order valence-electron chi connectivity index (χ4n) is 1.67. The molecule has 1 aliphatic rings. The van der Waals surface area contributed by atoms with Crippen molar-refractivity contribution in [1.82, 2.24) is 10.3 Å². The number of rotatable bonds is 5. The van der Waals surface area contributed by atoms with Crippen molar-refractivity contribution >= 4 is 11.7 Å². The molecule has 0 aliphatic heterocycles. The van der Waals surface area contributed by atoms with Crippen LogP contribution in [-0.4, -0.2) is 16.9 Å². The molecule has 1 heterocycles. The number of nitrogen functional groups attached to an aromatic ring is 1. The van der Waals surface area contributed by atoms with E-state index in [1.54, 1.807) is 6.07 Å². The first-order chi connectivity index (χ1) is 8.22. The topological polar surface area (TPSA) is 80.0 Å². The summed E-state index contributed by atoms with van der Waals surface area (Å²) >= 11 is 0. The average molecular weight is 234 g/mol. The number of anilines is 1. The van der Waals surface area contributed by atoms with Crippen molar-refractivity contribution in [2.24, 2.45) is 5.84 Å². The summed E-state index contributed by atoms with van der Waals surface area (Å²) in [4.78, 5) is 16.2. The summed E-state index contributed by atoms with van der Waals surface area (Å²) < 4.78 is 0. The second-order valence-electron chi connectivity index (χ2n) is 4.37. The molecule has 0 spiro atoms. The van der Waals surface area contributed by atoms with Crippen molar-refractivity contribution in [2.45, 2.75) is 38.6 Å². The maximum absolute atomic E-state index is 11.9. The van der Waals surface area contributed by atoms with Crippen LogP contribution in [0.25, 0.3) is 0 Å². The third-order valence-corrected chi connectivity index (χ3v) is 2.71. The second kappa shape index (κ2) is 5.14. The van der Waals surface area contributed by atoms with Crippen LogP contribution in [0.4, 0.5) is 5.82 Å². The van der Waals surface area contributed by atoms with Crippen molar-refractivity contribution in [3.05, 3.63) is 23.4 Å². The van der Waals surface area contributed by atoms with Crippen molar-refractivity contribution in [1.29, 1.82) is 0 Å². The number of hydrogen-bond acceptors (Lipinski definition) is 4. The van der Waals surface area contributed by atoms with Gasteiger partial charge in [-0.1, -0.05) is 13.3 Å². The van der Waals surface area contributed by atoms with Gasteiger partial charge in [0.1, 0.15) is 5.82 Å². The Labute approximate surface area is 101 Å². The number of hydrazine groups is 1. The third kappa shape index (κ3) is 3.17. The molecule has 5 nitrogen and oxygen atoms in total. The number of carbonyl (C=O) groups excluding carboxylic acids is 1. The van der Waals surface area contributed by atoms with Crippen LogP contribution >= 0.6 is 0 Å². The van der Waals surface area contributed by atoms with Crippen molar-refractivity contribution < 1.29 is 4.79 Å². The van der Waals surface area contributed by atoms with Crippen LogP contribution in [-0.2, 0) is 6.42 Å². The van der Waals surface area contributed by atoms with Crippen LogP contribution < -0.4 is 16.6 Å². The minimum atomic E-state index is -0.0382. The van der Waals surface area contributed by atoms with Gasteiger partial charge in [-0.2, -0.15) is 0 Å². The second-order valence-corrected chi connectivity index (χ2v) is 4.37. The molecular formula is C12H18N4O. The highest BCUT2D eigenvalue weighted by Crippen LogP contribution is 2.20. The average Bonchev–Trinajstić information content (AvgIpc) is 3.13. The first kappa shape index (κ1) is 11.9. The molecule has 1 aromatic rings. The lowest BCUT2D eigenvalue weighted by molar-refractivity contribution is 0.0951. The van der Waals surface area contributed by atoms with Gasteiger partial charge in [0.2, 0.25) is 0 Å². The maximum Gasteiger partial charge on any atom is 0.251 e. The van der Waals surface area contributed by atoms with E-state index in [2.05, 4.69) is 22.7 Å². The molecule has 0 atom stereocenters. The number of nitrogens with zero attached hydrogens (tertiary/aromatic N) is 1. The van der Waals surface area contributed by atoms with Crippen LogP contribution in [0.2, 0.25) is 0 Å². The van der Waals surface area contributed by atoms with Gasteiger partial charge < -0.3 is 10.7 Å². The van der Waals surface area contributed by atoms with Gasteiger partial charge in [-0.15, -0.1) is 0 Å². The Kier molecular flexibility index (Phi) is 3.58. The Bertz CT molecular complexity index is 415. The molecule has 1 amide bonds. The summed E-state index contributed by atoms with van der Waals surface area (Å²) in [5, 5.41) is 2.96. The predicted octanol–water partition coefficient (Wildman–Crippen LogP) is 1.21. The van der Waals surface area contributed by atoms with Gasteiger partial charge in [0.25, 0.3) is 5.91 Å². The Morgan fingerprint density at radius 2 is 2.29 bits per heavy atom. The van der Waals surface area contributed by atoms with Crippen LogP contribution in [0, 0.1) is 0 Å². The van der Waals surface area contributed by atoms with Gasteiger partial charge in [-0.25, -0.2) is 10.8 Å². The van der Waals surface area contributed by atoms with E-state index in [9.17, 15) is 4.79 Å². The van der Waals surface area contributed by atoms with E-state index in [-0.39, 0.29) is 5.91 Å². The molecule has 4 N–H and O–H groups in total. The van der Waals surface area contributed by atoms with Crippen molar-refractivity contribution in [3.8, 4) is 0 Å². The quantitative estimate of drug-likeness (QED) is 0.528. The van der Waals surface area contributed by atoms with E-state index < -0.39 is 0 Å². The van der Waals surface area contributed by atoms with Gasteiger partial charge in [0.05, 0.1) is 0 Å². The molecule has 0 saturated heterocycles. The molecule has 17 heavy (non-hydrogen) atoms. The molecule has 0 radical (unpaired) electrons. The normalized spacial score (nSPS) is 14.5. The first-order valence-electron chi connectivity index (χ1n) is 6.01. The highest BCUT2D eigenvalue weighted by Gasteiger charge is 2.24. The van der Waals surface area contributed by atoms with Gasteiger partial charge in [-0.3, -0.25) is 4.79 Å². The van der Waals surface area contributed by atoms with E-state index in [1.807, 2.05) is 6.07 Å². The number of aryl methyl sites for hydroxylation is 1. The minimum absolute atomic E-state index is 0.0382. The van der Waals surface area contributed by atoms with E-state index in [0.29, 0.717) is 17.4 Å². The zero-order valence-electron chi connectivity index (χ0n) is 9.99. The first-order valence-corrected chi connectivity index (χ1v) is 6.01. The molecule has 92 valence electrons. The smallest absolute Gasteiger partial charge is 0.251 e. The summed E-state index contributed by atoms with van der Waals surface area (Å²) in [7, 11) is 0. The van der Waals surface area contributed by atoms with Gasteiger partial charge >= 0.3 is 0 Å². The fourth-order valence-corrected chi connectivity index (χ4v) is 1.67. The number of nitrogens with one attached hydrogen (secondary N) is 2. The highest BCUT2D eigenvalue weighted by atomic mass is 16.1. The lowest BCUT2D eigenvalue weighted by Gasteiger charge is -2.08. The maximum atomic E-state index is 11.9. The zero-order chi connectivity index (χ0) is 12.3. The van der Waals surface area contributed by atoms with E-state index in [4.69, 9.17) is 5.84 Å². The van der Waals surface area contributed by atoms with Crippen molar-refractivity contribution in [2.75, 3.05) is 5.43 Å². The summed E-state index contributed by atoms with van der Waals surface area (Å²) in [6.45, 7) is 2.08. The lowest BCUT2D eigenvalue weighted by Crippen LogP contribution is -2.26. The number of nitrogens with two attached hydrogens (primary N) is 1. The number of amides is 1. The number of hydrogen-bond donors (Lipinski definition) is 3.